The van der Waals surface area contributed by atoms with Gasteiger partial charge in [0.05, 0.1) is 0 Å². The zero-order valence-electron chi connectivity index (χ0n) is 11.2. The summed E-state index contributed by atoms with van der Waals surface area (Å²) < 4.78 is 0. The molecule has 2 aromatic rings. The summed E-state index contributed by atoms with van der Waals surface area (Å²) in [6, 6.07) is 17.8. The average molecular weight is 251 g/mol. The Bertz CT molecular complexity index is 613. The maximum atomic E-state index is 6.05. The first-order valence-corrected chi connectivity index (χ1v) is 6.14. The molecule has 0 heterocycles. The first-order valence-electron chi connectivity index (χ1n) is 6.14. The Balaban J connectivity index is 2.34. The van der Waals surface area contributed by atoms with Crippen molar-refractivity contribution in [1.82, 2.24) is 0 Å². The summed E-state index contributed by atoms with van der Waals surface area (Å²) >= 11 is 0. The minimum atomic E-state index is 0.480. The van der Waals surface area contributed by atoms with E-state index in [0.29, 0.717) is 11.7 Å². The van der Waals surface area contributed by atoms with Gasteiger partial charge in [0.2, 0.25) is 0 Å². The molecule has 0 saturated carbocycles. The second kappa shape index (κ2) is 5.96. The summed E-state index contributed by atoms with van der Waals surface area (Å²) in [7, 11) is 1.72. The Morgan fingerprint density at radius 3 is 2.26 bits per heavy atom. The van der Waals surface area contributed by atoms with Gasteiger partial charge < -0.3 is 5.73 Å². The van der Waals surface area contributed by atoms with Gasteiger partial charge in [-0.3, -0.25) is 4.99 Å². The summed E-state index contributed by atoms with van der Waals surface area (Å²) in [5.41, 5.74) is 9.08. The van der Waals surface area contributed by atoms with Crippen LogP contribution in [-0.2, 0) is 0 Å². The maximum Gasteiger partial charge on any atom is 0.156 e. The summed E-state index contributed by atoms with van der Waals surface area (Å²) in [5.74, 6) is 1.12. The molecule has 0 aliphatic heterocycles. The first-order chi connectivity index (χ1) is 9.20. The number of aliphatic imine (C=N–C) groups is 2. The van der Waals surface area contributed by atoms with Gasteiger partial charge in [0.15, 0.2) is 5.84 Å². The largest absolute Gasteiger partial charge is 0.383 e. The number of nitrogens with zero attached hydrogens (tertiary/aromatic N) is 2. The number of benzene rings is 2. The average Bonchev–Trinajstić information content (AvgIpc) is 2.45. The Morgan fingerprint density at radius 1 is 0.947 bits per heavy atom. The number of hydrogen-bond donors (Lipinski definition) is 1. The van der Waals surface area contributed by atoms with E-state index in [1.165, 1.54) is 0 Å². The molecule has 0 aliphatic rings. The number of amidine groups is 2. The van der Waals surface area contributed by atoms with E-state index in [1.807, 2.05) is 61.5 Å². The lowest BCUT2D eigenvalue weighted by molar-refractivity contribution is 1.37. The van der Waals surface area contributed by atoms with Gasteiger partial charge in [0.1, 0.15) is 5.84 Å². The predicted octanol–water partition coefficient (Wildman–Crippen LogP) is 2.78. The Morgan fingerprint density at radius 2 is 1.63 bits per heavy atom. The molecular weight excluding hydrogens is 234 g/mol. The molecule has 0 spiro atoms. The van der Waals surface area contributed by atoms with Crippen molar-refractivity contribution >= 4 is 11.7 Å². The van der Waals surface area contributed by atoms with Gasteiger partial charge in [0, 0.05) is 18.2 Å². The molecular formula is C16H17N3. The minimum absolute atomic E-state index is 0.480. The van der Waals surface area contributed by atoms with E-state index >= 15 is 0 Å². The highest BCUT2D eigenvalue weighted by Crippen LogP contribution is 2.06. The Labute approximate surface area is 113 Å². The lowest BCUT2D eigenvalue weighted by atomic mass is 10.1. The van der Waals surface area contributed by atoms with Gasteiger partial charge in [-0.2, -0.15) is 0 Å². The van der Waals surface area contributed by atoms with Crippen LogP contribution in [-0.4, -0.2) is 18.7 Å². The van der Waals surface area contributed by atoms with Crippen molar-refractivity contribution in [2.75, 3.05) is 7.05 Å². The third kappa shape index (κ3) is 3.28. The zero-order valence-corrected chi connectivity index (χ0v) is 11.2. The van der Waals surface area contributed by atoms with Crippen LogP contribution < -0.4 is 5.73 Å². The zero-order chi connectivity index (χ0) is 13.7. The fourth-order valence-electron chi connectivity index (χ4n) is 1.81. The Kier molecular flexibility index (Phi) is 4.08. The molecule has 3 heteroatoms. The molecule has 0 bridgehead atoms. The lowest BCUT2D eigenvalue weighted by Crippen LogP contribution is -2.16. The molecule has 2 N–H and O–H groups in total. The van der Waals surface area contributed by atoms with Crippen molar-refractivity contribution in [1.29, 1.82) is 0 Å². The van der Waals surface area contributed by atoms with Crippen LogP contribution in [0.5, 0.6) is 0 Å². The topological polar surface area (TPSA) is 50.7 Å². The molecule has 0 fully saturated rings. The molecule has 0 radical (unpaired) electrons. The van der Waals surface area contributed by atoms with Crippen molar-refractivity contribution in [2.45, 2.75) is 6.92 Å². The van der Waals surface area contributed by atoms with Gasteiger partial charge in [-0.05, 0) is 13.0 Å². The molecule has 96 valence electrons. The number of aryl methyl sites for hydroxylation is 1. The van der Waals surface area contributed by atoms with Crippen LogP contribution >= 0.6 is 0 Å². The Hall–Kier alpha value is -2.42. The second-order valence-electron chi connectivity index (χ2n) is 4.28. The second-order valence-corrected chi connectivity index (χ2v) is 4.28. The summed E-state index contributed by atoms with van der Waals surface area (Å²) in [6.07, 6.45) is 0. The third-order valence-electron chi connectivity index (χ3n) is 2.78. The van der Waals surface area contributed by atoms with E-state index in [9.17, 15) is 0 Å². The van der Waals surface area contributed by atoms with Crippen molar-refractivity contribution < 1.29 is 0 Å². The molecule has 0 unspecified atom stereocenters. The van der Waals surface area contributed by atoms with E-state index in [0.717, 1.165) is 16.7 Å². The number of hydrogen-bond acceptors (Lipinski definition) is 1. The molecule has 0 saturated heterocycles. The molecule has 0 amide bonds. The molecule has 3 nitrogen and oxygen atoms in total. The quantitative estimate of drug-likeness (QED) is 0.647. The van der Waals surface area contributed by atoms with Crippen molar-refractivity contribution in [2.24, 2.45) is 15.7 Å². The predicted molar refractivity (Wildman–Crippen MR) is 80.8 cm³/mol. The van der Waals surface area contributed by atoms with E-state index in [1.54, 1.807) is 7.05 Å². The number of rotatable bonds is 2. The summed E-state index contributed by atoms with van der Waals surface area (Å²) in [5, 5.41) is 0. The lowest BCUT2D eigenvalue weighted by Gasteiger charge is -2.04. The minimum Gasteiger partial charge on any atom is -0.383 e. The monoisotopic (exact) mass is 251 g/mol. The molecule has 0 aromatic heterocycles. The molecule has 2 rings (SSSR count). The van der Waals surface area contributed by atoms with Gasteiger partial charge in [0.25, 0.3) is 0 Å². The molecule has 19 heavy (non-hydrogen) atoms. The van der Waals surface area contributed by atoms with Gasteiger partial charge >= 0.3 is 0 Å². The summed E-state index contributed by atoms with van der Waals surface area (Å²) in [4.78, 5) is 8.62. The van der Waals surface area contributed by atoms with Crippen molar-refractivity contribution in [3.05, 3.63) is 71.3 Å². The van der Waals surface area contributed by atoms with Crippen LogP contribution in [0.3, 0.4) is 0 Å². The smallest absolute Gasteiger partial charge is 0.156 e. The van der Waals surface area contributed by atoms with Gasteiger partial charge in [-0.1, -0.05) is 54.1 Å². The van der Waals surface area contributed by atoms with Crippen LogP contribution in [0, 0.1) is 6.92 Å². The fraction of sp³-hybridized carbons (Fsp3) is 0.125. The first kappa shape index (κ1) is 13.0. The number of nitrogens with two attached hydrogens (primary N) is 1. The van der Waals surface area contributed by atoms with E-state index in [-0.39, 0.29) is 0 Å². The third-order valence-corrected chi connectivity index (χ3v) is 2.78. The summed E-state index contributed by atoms with van der Waals surface area (Å²) in [6.45, 7) is 2.03. The van der Waals surface area contributed by atoms with Crippen molar-refractivity contribution in [3.63, 3.8) is 0 Å². The van der Waals surface area contributed by atoms with E-state index in [2.05, 4.69) is 9.98 Å². The van der Waals surface area contributed by atoms with E-state index in [4.69, 9.17) is 5.73 Å². The fourth-order valence-corrected chi connectivity index (χ4v) is 1.81. The maximum absolute atomic E-state index is 6.05. The van der Waals surface area contributed by atoms with Crippen molar-refractivity contribution in [3.8, 4) is 0 Å². The molecule has 0 aliphatic carbocycles. The molecule has 2 aromatic carbocycles. The highest BCUT2D eigenvalue weighted by molar-refractivity contribution is 6.10. The highest BCUT2D eigenvalue weighted by atomic mass is 14.9. The van der Waals surface area contributed by atoms with Crippen LogP contribution in [0.15, 0.2) is 64.6 Å². The standard InChI is InChI=1S/C16H17N3/c1-12-7-6-10-14(11-12)15(17)19-16(18-2)13-8-4-3-5-9-13/h3-11H,1-2H3,(H2,17,18,19). The van der Waals surface area contributed by atoms with Crippen LogP contribution in [0.1, 0.15) is 16.7 Å². The van der Waals surface area contributed by atoms with Crippen LogP contribution in [0.25, 0.3) is 0 Å². The van der Waals surface area contributed by atoms with Crippen LogP contribution in [0.4, 0.5) is 0 Å². The van der Waals surface area contributed by atoms with E-state index < -0.39 is 0 Å². The normalized spacial score (nSPS) is 12.5. The van der Waals surface area contributed by atoms with Gasteiger partial charge in [-0.25, -0.2) is 4.99 Å². The highest BCUT2D eigenvalue weighted by Gasteiger charge is 2.03. The SMILES string of the molecule is CN=C(N=C(N)c1cccc(C)c1)c1ccccc1. The van der Waals surface area contributed by atoms with Gasteiger partial charge in [-0.15, -0.1) is 0 Å². The van der Waals surface area contributed by atoms with Crippen LogP contribution in [0.2, 0.25) is 0 Å². The molecule has 0 atom stereocenters.